The molecule has 0 aromatic heterocycles. The van der Waals surface area contributed by atoms with E-state index in [1.807, 2.05) is 0 Å². The van der Waals surface area contributed by atoms with Crippen molar-refractivity contribution in [3.63, 3.8) is 0 Å². The van der Waals surface area contributed by atoms with Crippen LogP contribution in [0.2, 0.25) is 10.0 Å². The fourth-order valence-electron chi connectivity index (χ4n) is 0.658. The molecule has 0 bridgehead atoms. The van der Waals surface area contributed by atoms with Crippen LogP contribution in [-0.4, -0.2) is 0 Å². The first-order valence-corrected chi connectivity index (χ1v) is 3.58. The Kier molecular flexibility index (Phi) is 2.58. The van der Waals surface area contributed by atoms with E-state index in [0.717, 1.165) is 0 Å². The summed E-state index contributed by atoms with van der Waals surface area (Å²) in [5.74, 6) is 0. The molecule has 0 saturated heterocycles. The molecule has 0 heterocycles. The smallest absolute Gasteiger partial charge is 0.344 e. The third-order valence-corrected chi connectivity index (χ3v) is 1.79. The molecule has 0 aliphatic rings. The molecule has 4 heteroatoms. The van der Waals surface area contributed by atoms with Crippen molar-refractivity contribution in [2.75, 3.05) is 0 Å². The Bertz CT molecular complexity index is 307. The number of halogens is 2. The highest BCUT2D eigenvalue weighted by Crippen LogP contribution is 2.19. The molecule has 0 radical (unpaired) electrons. The molecule has 0 atom stereocenters. The van der Waals surface area contributed by atoms with E-state index in [1.54, 1.807) is 18.2 Å². The van der Waals surface area contributed by atoms with Crippen LogP contribution in [0.3, 0.4) is 0 Å². The van der Waals surface area contributed by atoms with Gasteiger partial charge in [-0.05, 0) is 6.07 Å². The Balaban J connectivity index is 3.28. The largest absolute Gasteiger partial charge is 0.498 e. The molecule has 0 unspecified atom stereocenters. The van der Waals surface area contributed by atoms with Crippen molar-refractivity contribution < 1.29 is 11.6 Å². The van der Waals surface area contributed by atoms with Crippen molar-refractivity contribution in [1.82, 2.24) is 0 Å². The quantitative estimate of drug-likeness (QED) is 0.575. The van der Waals surface area contributed by atoms with Gasteiger partial charge in [0.1, 0.15) is 0 Å². The molecule has 2 nitrogen and oxygen atoms in total. The summed E-state index contributed by atoms with van der Waals surface area (Å²) in [6, 6.07) is 7.18. The molecule has 0 N–H and O–H groups in total. The number of rotatable bonds is 0. The van der Waals surface area contributed by atoms with Crippen LogP contribution < -0.4 is 0 Å². The lowest BCUT2D eigenvalue weighted by molar-refractivity contribution is -0.289. The van der Waals surface area contributed by atoms with Gasteiger partial charge in [-0.3, -0.25) is 0 Å². The molecule has 1 aromatic rings. The maximum atomic E-state index is 9.81. The van der Waals surface area contributed by atoms with Crippen LogP contribution in [-0.2, 0) is 0 Å². The first kappa shape index (κ1) is 8.19. The lowest BCUT2D eigenvalue weighted by Gasteiger charge is -1.86. The topological polar surface area (TPSA) is 27.4 Å². The molecule has 0 aliphatic heterocycles. The van der Waals surface area contributed by atoms with Crippen LogP contribution in [0.1, 0.15) is 5.56 Å². The van der Waals surface area contributed by atoms with Gasteiger partial charge in [0, 0.05) is 11.1 Å². The average Bonchev–Trinajstić information content (AvgIpc) is 1.97. The molecule has 0 aliphatic carbocycles. The highest BCUT2D eigenvalue weighted by molar-refractivity contribution is 6.31. The summed E-state index contributed by atoms with van der Waals surface area (Å²) in [5, 5.41) is 13.2. The summed E-state index contributed by atoms with van der Waals surface area (Å²) in [6.07, 6.45) is 0. The number of hydrogen-bond donors (Lipinski definition) is 0. The van der Waals surface area contributed by atoms with Gasteiger partial charge in [-0.25, -0.2) is 0 Å². The van der Waals surface area contributed by atoms with Gasteiger partial charge in [0.15, 0.2) is 17.2 Å². The summed E-state index contributed by atoms with van der Waals surface area (Å²) < 4.78 is 0. The molecule has 0 amide bonds. The molecule has 0 spiro atoms. The molecule has 11 heavy (non-hydrogen) atoms. The summed E-state index contributed by atoms with van der Waals surface area (Å²) in [7, 11) is 0. The Morgan fingerprint density at radius 2 is 2.27 bits per heavy atom. The zero-order valence-corrected chi connectivity index (χ0v) is 6.95. The second-order valence-corrected chi connectivity index (χ2v) is 2.66. The van der Waals surface area contributed by atoms with Crippen LogP contribution in [0.15, 0.2) is 18.2 Å². The summed E-state index contributed by atoms with van der Waals surface area (Å²) in [5.41, 5.74) is 0.388. The minimum absolute atomic E-state index is 0.388. The van der Waals surface area contributed by atoms with Crippen molar-refractivity contribution in [2.24, 2.45) is 0 Å². The van der Waals surface area contributed by atoms with E-state index < -0.39 is 0 Å². The van der Waals surface area contributed by atoms with Gasteiger partial charge >= 0.3 is 6.07 Å². The van der Waals surface area contributed by atoms with Crippen LogP contribution in [0.5, 0.6) is 0 Å². The van der Waals surface area contributed by atoms with E-state index in [0.29, 0.717) is 15.6 Å². The number of nitrogens with zero attached hydrogens (tertiary/aromatic N) is 1. The van der Waals surface area contributed by atoms with Crippen LogP contribution in [0, 0.1) is 22.9 Å². The highest BCUT2D eigenvalue weighted by Gasteiger charge is 2.12. The van der Waals surface area contributed by atoms with E-state index in [2.05, 4.69) is 11.1 Å². The predicted octanol–water partition coefficient (Wildman–Crippen LogP) is 2.22. The van der Waals surface area contributed by atoms with Crippen LogP contribution in [0.4, 0.5) is 0 Å². The van der Waals surface area contributed by atoms with Gasteiger partial charge in [-0.1, -0.05) is 17.7 Å². The minimum Gasteiger partial charge on any atom is -0.498 e. The van der Waals surface area contributed by atoms with E-state index in [-0.39, 0.29) is 0 Å². The minimum atomic E-state index is 0.388. The average molecular weight is 189 g/mol. The van der Waals surface area contributed by atoms with Crippen molar-refractivity contribution in [1.29, 1.82) is 0 Å². The fourth-order valence-corrected chi connectivity index (χ4v) is 1.17. The maximum absolute atomic E-state index is 9.81. The third kappa shape index (κ3) is 1.76. The molecular weight excluding hydrogens is 185 g/mol. The number of benzene rings is 1. The second-order valence-electron chi connectivity index (χ2n) is 1.82. The van der Waals surface area contributed by atoms with Gasteiger partial charge in [0.25, 0.3) is 0 Å². The van der Waals surface area contributed by atoms with Crippen molar-refractivity contribution >= 4 is 11.6 Å². The summed E-state index contributed by atoms with van der Waals surface area (Å²) >= 11 is 10.5. The Morgan fingerprint density at radius 3 is 2.82 bits per heavy atom. The van der Waals surface area contributed by atoms with E-state index in [4.69, 9.17) is 23.2 Å². The van der Waals surface area contributed by atoms with Crippen LogP contribution in [0.25, 0.3) is 5.01 Å². The van der Waals surface area contributed by atoms with Gasteiger partial charge in [-0.15, -0.1) is 0 Å². The van der Waals surface area contributed by atoms with E-state index in [9.17, 15) is 5.21 Å². The zero-order chi connectivity index (χ0) is 8.27. The zero-order valence-electron chi connectivity index (χ0n) is 5.37. The predicted molar refractivity (Wildman–Crippen MR) is 41.7 cm³/mol. The van der Waals surface area contributed by atoms with Crippen molar-refractivity contribution in [3.05, 3.63) is 44.0 Å². The SMILES string of the molecule is [O-][N+]#Cc1c(Cl)cccc1[ClH+]. The first-order valence-electron chi connectivity index (χ1n) is 2.79. The number of hydrogen-bond acceptors (Lipinski definition) is 1. The van der Waals surface area contributed by atoms with Gasteiger partial charge in [-0.2, -0.15) is 0 Å². The van der Waals surface area contributed by atoms with Crippen LogP contribution >= 0.6 is 11.6 Å². The summed E-state index contributed by atoms with van der Waals surface area (Å²) in [4.78, 5) is 0. The Morgan fingerprint density at radius 1 is 1.55 bits per heavy atom. The summed E-state index contributed by atoms with van der Waals surface area (Å²) in [6.45, 7) is 0. The lowest BCUT2D eigenvalue weighted by Crippen LogP contribution is -1.79. The van der Waals surface area contributed by atoms with Gasteiger partial charge in [0.2, 0.25) is 5.02 Å². The third-order valence-electron chi connectivity index (χ3n) is 1.13. The van der Waals surface area contributed by atoms with Crippen molar-refractivity contribution in [3.8, 4) is 6.07 Å². The Labute approximate surface area is 73.8 Å². The van der Waals surface area contributed by atoms with Gasteiger partial charge in [0.05, 0.1) is 5.02 Å². The second kappa shape index (κ2) is 3.47. The molecular formula is C7H4Cl2NO+. The lowest BCUT2D eigenvalue weighted by atomic mass is 10.2. The molecule has 56 valence electrons. The Hall–Kier alpha value is -0.910. The monoisotopic (exact) mass is 188 g/mol. The molecule has 0 saturated carbocycles. The fraction of sp³-hybridized carbons (Fsp3) is 0. The molecule has 1 aromatic carbocycles. The van der Waals surface area contributed by atoms with Crippen molar-refractivity contribution in [2.45, 2.75) is 0 Å². The molecule has 1 rings (SSSR count). The highest BCUT2D eigenvalue weighted by atomic mass is 35.5. The normalized spacial score (nSPS) is 8.55. The van der Waals surface area contributed by atoms with Gasteiger partial charge < -0.3 is 5.21 Å². The van der Waals surface area contributed by atoms with E-state index in [1.165, 1.54) is 0 Å². The van der Waals surface area contributed by atoms with E-state index >= 15 is 0 Å². The first-order chi connectivity index (χ1) is 5.25. The maximum Gasteiger partial charge on any atom is 0.344 e. The molecule has 0 fully saturated rings. The standard InChI is InChI=1S/C7H4Cl2NO/c8-6-2-1-3-7(9)5(6)4-10-11/h1-3,8H/q+1.